The van der Waals surface area contributed by atoms with Crippen molar-refractivity contribution in [2.45, 2.75) is 18.3 Å². The van der Waals surface area contributed by atoms with Gasteiger partial charge < -0.3 is 0 Å². The summed E-state index contributed by atoms with van der Waals surface area (Å²) in [6.07, 6.45) is 0. The molecule has 0 aliphatic heterocycles. The molecular weight excluding hydrogens is 427 g/mol. The molecule has 0 aliphatic carbocycles. The maximum Gasteiger partial charge on any atom is 0.254 e. The minimum absolute atomic E-state index is 0.0823. The molecule has 8 heteroatoms. The van der Waals surface area contributed by atoms with E-state index in [1.54, 1.807) is 18.2 Å². The SMILES string of the molecule is O=C(CSc1nnc(-c2ccccc2F)n1Cc1ccccc1)NOCc1ccccc1. The van der Waals surface area contributed by atoms with Crippen LogP contribution in [-0.4, -0.2) is 26.4 Å². The number of nitrogens with zero attached hydrogens (tertiary/aromatic N) is 3. The summed E-state index contributed by atoms with van der Waals surface area (Å²) in [7, 11) is 0. The van der Waals surface area contributed by atoms with Crippen LogP contribution < -0.4 is 5.48 Å². The molecule has 0 saturated heterocycles. The Kier molecular flexibility index (Phi) is 7.27. The van der Waals surface area contributed by atoms with Crippen molar-refractivity contribution in [3.63, 3.8) is 0 Å². The van der Waals surface area contributed by atoms with Gasteiger partial charge >= 0.3 is 0 Å². The second-order valence-corrected chi connectivity index (χ2v) is 7.89. The van der Waals surface area contributed by atoms with Crippen LogP contribution in [0, 0.1) is 5.82 Å². The van der Waals surface area contributed by atoms with Crippen LogP contribution in [0.1, 0.15) is 11.1 Å². The molecule has 1 N–H and O–H groups in total. The molecule has 4 aromatic rings. The Balaban J connectivity index is 1.45. The van der Waals surface area contributed by atoms with Crippen molar-refractivity contribution in [3.05, 3.63) is 102 Å². The molecule has 3 aromatic carbocycles. The zero-order valence-electron chi connectivity index (χ0n) is 17.1. The summed E-state index contributed by atoms with van der Waals surface area (Å²) < 4.78 is 16.2. The fourth-order valence-corrected chi connectivity index (χ4v) is 3.80. The summed E-state index contributed by atoms with van der Waals surface area (Å²) in [6, 6.07) is 25.8. The average Bonchev–Trinajstić information content (AvgIpc) is 3.21. The van der Waals surface area contributed by atoms with Gasteiger partial charge in [-0.2, -0.15) is 0 Å². The molecule has 1 amide bonds. The van der Waals surface area contributed by atoms with Crippen molar-refractivity contribution in [2.75, 3.05) is 5.75 Å². The van der Waals surface area contributed by atoms with E-state index in [0.29, 0.717) is 23.1 Å². The van der Waals surface area contributed by atoms with Crippen LogP contribution in [0.25, 0.3) is 11.4 Å². The van der Waals surface area contributed by atoms with Crippen molar-refractivity contribution in [2.24, 2.45) is 0 Å². The van der Waals surface area contributed by atoms with Gasteiger partial charge in [0.1, 0.15) is 5.82 Å². The van der Waals surface area contributed by atoms with Gasteiger partial charge in [0, 0.05) is 0 Å². The topological polar surface area (TPSA) is 69.0 Å². The Labute approximate surface area is 189 Å². The molecule has 0 spiro atoms. The largest absolute Gasteiger partial charge is 0.297 e. The molecule has 1 heterocycles. The van der Waals surface area contributed by atoms with Crippen molar-refractivity contribution in [3.8, 4) is 11.4 Å². The number of carbonyl (C=O) groups excluding carboxylic acids is 1. The highest BCUT2D eigenvalue weighted by molar-refractivity contribution is 7.99. The summed E-state index contributed by atoms with van der Waals surface area (Å²) >= 11 is 1.22. The van der Waals surface area contributed by atoms with Gasteiger partial charge in [-0.25, -0.2) is 9.87 Å². The molecule has 4 rings (SSSR count). The number of hydrogen-bond acceptors (Lipinski definition) is 5. The van der Waals surface area contributed by atoms with Gasteiger partial charge in [-0.3, -0.25) is 14.2 Å². The second kappa shape index (κ2) is 10.7. The Bertz CT molecular complexity index is 1170. The molecule has 0 fully saturated rings. The first-order chi connectivity index (χ1) is 15.7. The lowest BCUT2D eigenvalue weighted by Gasteiger charge is -2.11. The number of hydrogen-bond donors (Lipinski definition) is 1. The highest BCUT2D eigenvalue weighted by atomic mass is 32.2. The Hall–Kier alpha value is -3.49. The molecule has 0 radical (unpaired) electrons. The summed E-state index contributed by atoms with van der Waals surface area (Å²) in [5.41, 5.74) is 4.77. The summed E-state index contributed by atoms with van der Waals surface area (Å²) in [5, 5.41) is 8.95. The number of thioether (sulfide) groups is 1. The summed E-state index contributed by atoms with van der Waals surface area (Å²) in [5.74, 6) is -0.181. The number of rotatable bonds is 9. The van der Waals surface area contributed by atoms with E-state index >= 15 is 0 Å². The fourth-order valence-electron chi connectivity index (χ4n) is 3.08. The predicted molar refractivity (Wildman–Crippen MR) is 121 cm³/mol. The van der Waals surface area contributed by atoms with E-state index in [2.05, 4.69) is 15.7 Å². The molecule has 6 nitrogen and oxygen atoms in total. The number of nitrogens with one attached hydrogen (secondary N) is 1. The van der Waals surface area contributed by atoms with Gasteiger partial charge in [-0.15, -0.1) is 10.2 Å². The van der Waals surface area contributed by atoms with E-state index in [9.17, 15) is 9.18 Å². The second-order valence-electron chi connectivity index (χ2n) is 6.95. The van der Waals surface area contributed by atoms with E-state index in [1.165, 1.54) is 17.8 Å². The first kappa shape index (κ1) is 21.7. The van der Waals surface area contributed by atoms with Gasteiger partial charge in [0.15, 0.2) is 11.0 Å². The van der Waals surface area contributed by atoms with Crippen LogP contribution in [-0.2, 0) is 22.8 Å². The maximum absolute atomic E-state index is 14.4. The zero-order chi connectivity index (χ0) is 22.2. The molecule has 0 aliphatic rings. The van der Waals surface area contributed by atoms with Crippen LogP contribution in [0.5, 0.6) is 0 Å². The van der Waals surface area contributed by atoms with E-state index in [-0.39, 0.29) is 24.1 Å². The molecule has 0 bridgehead atoms. The van der Waals surface area contributed by atoms with Gasteiger partial charge in [0.05, 0.1) is 24.5 Å². The molecular formula is C24H21FN4O2S. The van der Waals surface area contributed by atoms with Crippen LogP contribution in [0.3, 0.4) is 0 Å². The predicted octanol–water partition coefficient (Wildman–Crippen LogP) is 4.47. The number of hydroxylamine groups is 1. The monoisotopic (exact) mass is 448 g/mol. The van der Waals surface area contributed by atoms with Gasteiger partial charge in [0.2, 0.25) is 0 Å². The van der Waals surface area contributed by atoms with Crippen molar-refractivity contribution < 1.29 is 14.0 Å². The third-order valence-electron chi connectivity index (χ3n) is 4.62. The first-order valence-electron chi connectivity index (χ1n) is 10.00. The molecule has 32 heavy (non-hydrogen) atoms. The minimum atomic E-state index is -0.377. The first-order valence-corrected chi connectivity index (χ1v) is 11.0. The molecule has 0 atom stereocenters. The lowest BCUT2D eigenvalue weighted by atomic mass is 10.2. The van der Waals surface area contributed by atoms with Crippen LogP contribution in [0.15, 0.2) is 90.1 Å². The van der Waals surface area contributed by atoms with Gasteiger partial charge in [-0.05, 0) is 23.3 Å². The number of aromatic nitrogens is 3. The van der Waals surface area contributed by atoms with Gasteiger partial charge in [0.25, 0.3) is 5.91 Å². The number of halogens is 1. The van der Waals surface area contributed by atoms with Crippen molar-refractivity contribution >= 4 is 17.7 Å². The molecule has 162 valence electrons. The molecule has 0 saturated carbocycles. The summed E-state index contributed by atoms with van der Waals surface area (Å²) in [6.45, 7) is 0.727. The van der Waals surface area contributed by atoms with E-state index in [4.69, 9.17) is 4.84 Å². The molecule has 1 aromatic heterocycles. The standard InChI is InChI=1S/C24H21FN4O2S/c25-21-14-8-7-13-20(21)23-26-27-24(29(23)15-18-9-3-1-4-10-18)32-17-22(30)28-31-16-19-11-5-2-6-12-19/h1-14H,15-17H2,(H,28,30). The Morgan fingerprint density at radius 2 is 1.56 bits per heavy atom. The smallest absolute Gasteiger partial charge is 0.254 e. The Morgan fingerprint density at radius 1 is 0.906 bits per heavy atom. The number of amides is 1. The normalized spacial score (nSPS) is 10.8. The third kappa shape index (κ3) is 5.60. The average molecular weight is 449 g/mol. The van der Waals surface area contributed by atoms with Crippen molar-refractivity contribution in [1.82, 2.24) is 20.2 Å². The zero-order valence-corrected chi connectivity index (χ0v) is 18.0. The van der Waals surface area contributed by atoms with Crippen LogP contribution >= 0.6 is 11.8 Å². The van der Waals surface area contributed by atoms with Crippen LogP contribution in [0.4, 0.5) is 4.39 Å². The third-order valence-corrected chi connectivity index (χ3v) is 5.58. The quantitative estimate of drug-likeness (QED) is 0.302. The van der Waals surface area contributed by atoms with E-state index in [1.807, 2.05) is 65.2 Å². The highest BCUT2D eigenvalue weighted by Gasteiger charge is 2.18. The van der Waals surface area contributed by atoms with E-state index < -0.39 is 0 Å². The molecule has 0 unspecified atom stereocenters. The van der Waals surface area contributed by atoms with E-state index in [0.717, 1.165) is 11.1 Å². The summed E-state index contributed by atoms with van der Waals surface area (Å²) in [4.78, 5) is 17.5. The van der Waals surface area contributed by atoms with Crippen molar-refractivity contribution in [1.29, 1.82) is 0 Å². The highest BCUT2D eigenvalue weighted by Crippen LogP contribution is 2.26. The number of benzene rings is 3. The van der Waals surface area contributed by atoms with Gasteiger partial charge in [-0.1, -0.05) is 84.6 Å². The minimum Gasteiger partial charge on any atom is -0.297 e. The maximum atomic E-state index is 14.4. The lowest BCUT2D eigenvalue weighted by molar-refractivity contribution is -0.131. The number of carbonyl (C=O) groups is 1. The lowest BCUT2D eigenvalue weighted by Crippen LogP contribution is -2.25. The Morgan fingerprint density at radius 3 is 2.28 bits per heavy atom. The van der Waals surface area contributed by atoms with Crippen LogP contribution in [0.2, 0.25) is 0 Å². The fraction of sp³-hybridized carbons (Fsp3) is 0.125.